The number of carbonyl (C=O) groups is 1. The molecule has 1 aliphatic rings. The quantitative estimate of drug-likeness (QED) is 0.778. The number of hydrogen-bond acceptors (Lipinski definition) is 3. The Labute approximate surface area is 147 Å². The molecule has 25 heavy (non-hydrogen) atoms. The molecule has 1 saturated carbocycles. The molecule has 1 N–H and O–H groups in total. The Kier molecular flexibility index (Phi) is 6.79. The summed E-state index contributed by atoms with van der Waals surface area (Å²) in [5, 5.41) is 3.01. The van der Waals surface area contributed by atoms with Crippen molar-refractivity contribution in [2.24, 2.45) is 11.8 Å². The van der Waals surface area contributed by atoms with Crippen molar-refractivity contribution in [1.82, 2.24) is 5.32 Å². The highest BCUT2D eigenvalue weighted by Gasteiger charge is 2.27. The average Bonchev–Trinajstić information content (AvgIpc) is 2.57. The van der Waals surface area contributed by atoms with E-state index in [0.29, 0.717) is 17.4 Å². The van der Waals surface area contributed by atoms with Crippen molar-refractivity contribution in [2.45, 2.75) is 45.8 Å². The lowest BCUT2D eigenvalue weighted by molar-refractivity contribution is -0.117. The molecule has 1 aromatic rings. The highest BCUT2D eigenvalue weighted by molar-refractivity contribution is 5.92. The van der Waals surface area contributed by atoms with Crippen LogP contribution in [0.15, 0.2) is 24.3 Å². The topological polar surface area (TPSA) is 47.6 Å². The zero-order valence-electron chi connectivity index (χ0n) is 14.8. The number of halogens is 2. The zero-order chi connectivity index (χ0) is 18.4. The van der Waals surface area contributed by atoms with Crippen molar-refractivity contribution in [3.05, 3.63) is 29.8 Å². The van der Waals surface area contributed by atoms with Crippen molar-refractivity contribution in [3.8, 4) is 11.5 Å². The van der Waals surface area contributed by atoms with Crippen LogP contribution in [0.2, 0.25) is 0 Å². The largest absolute Gasteiger partial charge is 0.493 e. The first kappa shape index (κ1) is 19.2. The molecular formula is C19H25F2NO3. The normalized spacial score (nSPS) is 23.7. The Morgan fingerprint density at radius 3 is 2.76 bits per heavy atom. The van der Waals surface area contributed by atoms with Gasteiger partial charge in [-0.1, -0.05) is 38.8 Å². The summed E-state index contributed by atoms with van der Waals surface area (Å²) >= 11 is 0. The highest BCUT2D eigenvalue weighted by atomic mass is 19.3. The van der Waals surface area contributed by atoms with Gasteiger partial charge in [0.2, 0.25) is 5.91 Å². The molecule has 3 atom stereocenters. The smallest absolute Gasteiger partial charge is 0.387 e. The minimum atomic E-state index is -2.97. The van der Waals surface area contributed by atoms with Crippen LogP contribution in [0, 0.1) is 11.8 Å². The van der Waals surface area contributed by atoms with Gasteiger partial charge in [-0.25, -0.2) is 0 Å². The molecule has 2 rings (SSSR count). The minimum Gasteiger partial charge on any atom is -0.493 e. The van der Waals surface area contributed by atoms with Crippen LogP contribution in [-0.2, 0) is 4.79 Å². The van der Waals surface area contributed by atoms with E-state index in [0.717, 1.165) is 12.8 Å². The average molecular weight is 353 g/mol. The fourth-order valence-electron chi connectivity index (χ4n) is 3.22. The molecule has 1 fully saturated rings. The summed E-state index contributed by atoms with van der Waals surface area (Å²) in [6.45, 7) is 1.37. The van der Waals surface area contributed by atoms with Crippen LogP contribution in [0.1, 0.15) is 38.7 Å². The Hall–Kier alpha value is -2.11. The first-order valence-corrected chi connectivity index (χ1v) is 8.52. The first-order chi connectivity index (χ1) is 11.9. The lowest BCUT2D eigenvalue weighted by Gasteiger charge is -2.34. The molecule has 0 bridgehead atoms. The van der Waals surface area contributed by atoms with Gasteiger partial charge in [-0.05, 0) is 30.4 Å². The van der Waals surface area contributed by atoms with Crippen molar-refractivity contribution < 1.29 is 23.0 Å². The molecule has 1 aromatic carbocycles. The van der Waals surface area contributed by atoms with Crippen molar-refractivity contribution in [2.75, 3.05) is 7.11 Å². The van der Waals surface area contributed by atoms with E-state index in [1.54, 1.807) is 12.1 Å². The minimum absolute atomic E-state index is 0.0799. The summed E-state index contributed by atoms with van der Waals surface area (Å²) in [4.78, 5) is 12.2. The fraction of sp³-hybridized carbons (Fsp3) is 0.526. The number of para-hydroxylation sites is 1. The molecular weight excluding hydrogens is 328 g/mol. The van der Waals surface area contributed by atoms with Gasteiger partial charge >= 0.3 is 6.61 Å². The number of methoxy groups -OCH3 is 1. The SMILES string of the molecule is COc1cccc(/C=C/C(=O)N[C@@H]2CCC[C@H](C)[C@@H]2C)c1OC(F)F. The molecule has 0 heterocycles. The summed E-state index contributed by atoms with van der Waals surface area (Å²) in [6, 6.07) is 4.91. The molecule has 138 valence electrons. The van der Waals surface area contributed by atoms with Crippen molar-refractivity contribution in [3.63, 3.8) is 0 Å². The third kappa shape index (κ3) is 5.18. The van der Waals surface area contributed by atoms with Gasteiger partial charge in [0.25, 0.3) is 0 Å². The van der Waals surface area contributed by atoms with E-state index in [2.05, 4.69) is 23.9 Å². The van der Waals surface area contributed by atoms with E-state index < -0.39 is 6.61 Å². The summed E-state index contributed by atoms with van der Waals surface area (Å²) in [5.41, 5.74) is 0.361. The third-order valence-corrected chi connectivity index (χ3v) is 4.88. The fourth-order valence-corrected chi connectivity index (χ4v) is 3.22. The van der Waals surface area contributed by atoms with Gasteiger partial charge in [-0.3, -0.25) is 4.79 Å². The van der Waals surface area contributed by atoms with E-state index in [1.165, 1.54) is 31.7 Å². The number of benzene rings is 1. The molecule has 4 nitrogen and oxygen atoms in total. The second-order valence-electron chi connectivity index (χ2n) is 6.47. The Morgan fingerprint density at radius 1 is 1.32 bits per heavy atom. The number of carbonyl (C=O) groups excluding carboxylic acids is 1. The molecule has 0 aromatic heterocycles. The van der Waals surface area contributed by atoms with E-state index in [9.17, 15) is 13.6 Å². The molecule has 0 aliphatic heterocycles. The van der Waals surface area contributed by atoms with Crippen molar-refractivity contribution >= 4 is 12.0 Å². The monoisotopic (exact) mass is 353 g/mol. The van der Waals surface area contributed by atoms with Gasteiger partial charge < -0.3 is 14.8 Å². The maximum absolute atomic E-state index is 12.6. The van der Waals surface area contributed by atoms with Gasteiger partial charge in [0.05, 0.1) is 7.11 Å². The summed E-state index contributed by atoms with van der Waals surface area (Å²) in [6.07, 6.45) is 6.06. The standard InChI is InChI=1S/C19H25F2NO3/c1-12-6-4-8-15(13(12)2)22-17(23)11-10-14-7-5-9-16(24-3)18(14)25-19(20)21/h5,7,9-13,15,19H,4,6,8H2,1-3H3,(H,22,23)/b11-10+/t12-,13-,15+/m0/s1. The first-order valence-electron chi connectivity index (χ1n) is 8.52. The number of alkyl halides is 2. The predicted molar refractivity (Wildman–Crippen MR) is 92.8 cm³/mol. The van der Waals surface area contributed by atoms with Crippen LogP contribution in [-0.4, -0.2) is 25.7 Å². The maximum Gasteiger partial charge on any atom is 0.387 e. The van der Waals surface area contributed by atoms with Gasteiger partial charge in [-0.15, -0.1) is 0 Å². The summed E-state index contributed by atoms with van der Waals surface area (Å²) < 4.78 is 34.8. The van der Waals surface area contributed by atoms with E-state index in [4.69, 9.17) is 4.74 Å². The van der Waals surface area contributed by atoms with Crippen LogP contribution in [0.4, 0.5) is 8.78 Å². The number of rotatable bonds is 6. The number of hydrogen-bond donors (Lipinski definition) is 1. The van der Waals surface area contributed by atoms with Gasteiger partial charge in [0.15, 0.2) is 11.5 Å². The second-order valence-corrected chi connectivity index (χ2v) is 6.47. The molecule has 0 radical (unpaired) electrons. The van der Waals surface area contributed by atoms with E-state index in [-0.39, 0.29) is 23.4 Å². The van der Waals surface area contributed by atoms with Gasteiger partial charge in [-0.2, -0.15) is 8.78 Å². The number of ether oxygens (including phenoxy) is 2. The summed E-state index contributed by atoms with van der Waals surface area (Å²) in [7, 11) is 1.37. The van der Waals surface area contributed by atoms with Crippen LogP contribution >= 0.6 is 0 Å². The van der Waals surface area contributed by atoms with E-state index in [1.807, 2.05) is 0 Å². The molecule has 0 unspecified atom stereocenters. The third-order valence-electron chi connectivity index (χ3n) is 4.88. The van der Waals surface area contributed by atoms with Gasteiger partial charge in [0, 0.05) is 17.7 Å². The molecule has 0 saturated heterocycles. The number of amides is 1. The molecule has 0 spiro atoms. The van der Waals surface area contributed by atoms with Crippen molar-refractivity contribution in [1.29, 1.82) is 0 Å². The molecule has 6 heteroatoms. The Balaban J connectivity index is 2.09. The Bertz CT molecular complexity index is 619. The van der Waals surface area contributed by atoms with Gasteiger partial charge in [0.1, 0.15) is 0 Å². The summed E-state index contributed by atoms with van der Waals surface area (Å²) in [5.74, 6) is 0.867. The maximum atomic E-state index is 12.6. The zero-order valence-corrected chi connectivity index (χ0v) is 14.8. The second kappa shape index (κ2) is 8.83. The van der Waals surface area contributed by atoms with Crippen LogP contribution < -0.4 is 14.8 Å². The molecule has 1 amide bonds. The molecule has 1 aliphatic carbocycles. The lowest BCUT2D eigenvalue weighted by atomic mass is 9.78. The van der Waals surface area contributed by atoms with E-state index >= 15 is 0 Å². The number of nitrogens with one attached hydrogen (secondary N) is 1. The van der Waals surface area contributed by atoms with Crippen LogP contribution in [0.3, 0.4) is 0 Å². The highest BCUT2D eigenvalue weighted by Crippen LogP contribution is 2.33. The van der Waals surface area contributed by atoms with Crippen LogP contribution in [0.5, 0.6) is 11.5 Å². The van der Waals surface area contributed by atoms with Crippen LogP contribution in [0.25, 0.3) is 6.08 Å². The lowest BCUT2D eigenvalue weighted by Crippen LogP contribution is -2.43. The predicted octanol–water partition coefficient (Wildman–Crippen LogP) is 4.25. The Morgan fingerprint density at radius 2 is 2.08 bits per heavy atom.